The van der Waals surface area contributed by atoms with Gasteiger partial charge in [-0.25, -0.2) is 19.9 Å². The summed E-state index contributed by atoms with van der Waals surface area (Å²) in [6.45, 7) is 7.01. The number of aromatic nitrogens is 4. The highest BCUT2D eigenvalue weighted by molar-refractivity contribution is 6.00. The van der Waals surface area contributed by atoms with Crippen LogP contribution in [0.25, 0.3) is 0 Å². The second-order valence-electron chi connectivity index (χ2n) is 9.02. The highest BCUT2D eigenvalue weighted by Gasteiger charge is 2.38. The first-order chi connectivity index (χ1) is 14.9. The number of fused-ring (bicyclic) bond motifs is 1. The quantitative estimate of drug-likeness (QED) is 0.755. The third kappa shape index (κ3) is 3.68. The van der Waals surface area contributed by atoms with Gasteiger partial charge in [0.15, 0.2) is 5.82 Å². The van der Waals surface area contributed by atoms with Crippen molar-refractivity contribution in [2.24, 2.45) is 5.92 Å². The molecule has 1 aliphatic carbocycles. The summed E-state index contributed by atoms with van der Waals surface area (Å²) >= 11 is 0. The summed E-state index contributed by atoms with van der Waals surface area (Å²) in [5, 5.41) is 0. The monoisotopic (exact) mass is 420 g/mol. The molecule has 2 aromatic rings. The Balaban J connectivity index is 1.49. The first kappa shape index (κ1) is 20.0. The highest BCUT2D eigenvalue weighted by Crippen LogP contribution is 2.38. The van der Waals surface area contributed by atoms with Gasteiger partial charge in [-0.05, 0) is 58.8 Å². The van der Waals surface area contributed by atoms with Crippen molar-refractivity contribution in [2.75, 3.05) is 18.0 Å². The van der Waals surface area contributed by atoms with Crippen LogP contribution >= 0.6 is 0 Å². The zero-order chi connectivity index (χ0) is 21.7. The van der Waals surface area contributed by atoms with Gasteiger partial charge in [0.25, 0.3) is 5.91 Å². The number of nitrogens with zero attached hydrogens (tertiary/aromatic N) is 6. The summed E-state index contributed by atoms with van der Waals surface area (Å²) in [5.41, 5.74) is 3.00. The number of anilines is 1. The number of hydrogen-bond donors (Lipinski definition) is 0. The van der Waals surface area contributed by atoms with Crippen LogP contribution in [-0.4, -0.2) is 49.7 Å². The SMILES string of the molecule is Cc1ncc(C(=O)N2CCCCC2c2nc(C)c3c(n2)N(CC2CC2)C(=O)C3)c(C)n1. The number of carbonyl (C=O) groups is 2. The van der Waals surface area contributed by atoms with Gasteiger partial charge in [0.05, 0.1) is 23.7 Å². The molecule has 5 rings (SSSR count). The molecule has 1 saturated heterocycles. The Morgan fingerprint density at radius 3 is 2.61 bits per heavy atom. The van der Waals surface area contributed by atoms with Crippen molar-refractivity contribution < 1.29 is 9.59 Å². The lowest BCUT2D eigenvalue weighted by Crippen LogP contribution is -2.40. The van der Waals surface area contributed by atoms with E-state index >= 15 is 0 Å². The topological polar surface area (TPSA) is 92.2 Å². The predicted molar refractivity (Wildman–Crippen MR) is 115 cm³/mol. The smallest absolute Gasteiger partial charge is 0.257 e. The van der Waals surface area contributed by atoms with Crippen LogP contribution in [0.15, 0.2) is 6.20 Å². The van der Waals surface area contributed by atoms with Crippen molar-refractivity contribution in [1.29, 1.82) is 0 Å². The fraction of sp³-hybridized carbons (Fsp3) is 0.565. The van der Waals surface area contributed by atoms with Gasteiger partial charge in [0, 0.05) is 30.5 Å². The standard InChI is InChI=1S/C23H28N6O2/c1-13-17-10-20(30)29(12-16-7-8-16)22(17)27-21(26-13)19-6-4-5-9-28(19)23(31)18-11-24-15(3)25-14(18)2/h11,16,19H,4-10,12H2,1-3H3. The van der Waals surface area contributed by atoms with Gasteiger partial charge < -0.3 is 4.90 Å². The van der Waals surface area contributed by atoms with E-state index in [2.05, 4.69) is 9.97 Å². The molecule has 8 heteroatoms. The van der Waals surface area contributed by atoms with E-state index in [0.29, 0.717) is 41.8 Å². The first-order valence-corrected chi connectivity index (χ1v) is 11.2. The second kappa shape index (κ2) is 7.66. The lowest BCUT2D eigenvalue weighted by atomic mass is 9.99. The molecule has 1 unspecified atom stereocenters. The zero-order valence-corrected chi connectivity index (χ0v) is 18.4. The van der Waals surface area contributed by atoms with Gasteiger partial charge in [0.2, 0.25) is 5.91 Å². The lowest BCUT2D eigenvalue weighted by molar-refractivity contribution is -0.117. The van der Waals surface area contributed by atoms with Gasteiger partial charge >= 0.3 is 0 Å². The Labute approximate surface area is 182 Å². The molecule has 0 spiro atoms. The molecule has 3 aliphatic rings. The molecule has 0 aromatic carbocycles. The Kier molecular flexibility index (Phi) is 4.95. The molecule has 0 radical (unpaired) electrons. The van der Waals surface area contributed by atoms with E-state index in [0.717, 1.165) is 42.9 Å². The summed E-state index contributed by atoms with van der Waals surface area (Å²) in [6.07, 6.45) is 7.13. The molecule has 2 aliphatic heterocycles. The number of hydrogen-bond acceptors (Lipinski definition) is 6. The molecule has 0 N–H and O–H groups in total. The number of carbonyl (C=O) groups excluding carboxylic acids is 2. The molecule has 1 atom stereocenters. The molecule has 0 bridgehead atoms. The predicted octanol–water partition coefficient (Wildman–Crippen LogP) is 2.86. The fourth-order valence-corrected chi connectivity index (χ4v) is 4.68. The van der Waals surface area contributed by atoms with Gasteiger partial charge in [0.1, 0.15) is 11.6 Å². The van der Waals surface area contributed by atoms with Crippen molar-refractivity contribution in [3.63, 3.8) is 0 Å². The summed E-state index contributed by atoms with van der Waals surface area (Å²) in [6, 6.07) is -0.204. The molecule has 162 valence electrons. The normalized spacial score (nSPS) is 20.9. The van der Waals surface area contributed by atoms with Crippen LogP contribution in [0.4, 0.5) is 5.82 Å². The minimum atomic E-state index is -0.204. The Hall–Kier alpha value is -2.90. The van der Waals surface area contributed by atoms with Crippen LogP contribution in [0.5, 0.6) is 0 Å². The summed E-state index contributed by atoms with van der Waals surface area (Å²) in [5.74, 6) is 2.68. The molecular formula is C23H28N6O2. The van der Waals surface area contributed by atoms with E-state index in [1.807, 2.05) is 30.6 Å². The third-order valence-electron chi connectivity index (χ3n) is 6.62. The molecular weight excluding hydrogens is 392 g/mol. The minimum absolute atomic E-state index is 0.0742. The summed E-state index contributed by atoms with van der Waals surface area (Å²) < 4.78 is 0. The highest BCUT2D eigenvalue weighted by atomic mass is 16.2. The first-order valence-electron chi connectivity index (χ1n) is 11.2. The van der Waals surface area contributed by atoms with E-state index in [4.69, 9.17) is 9.97 Å². The zero-order valence-electron chi connectivity index (χ0n) is 18.4. The van der Waals surface area contributed by atoms with Gasteiger partial charge in [-0.2, -0.15) is 0 Å². The van der Waals surface area contributed by atoms with Crippen molar-refractivity contribution in [3.8, 4) is 0 Å². The van der Waals surface area contributed by atoms with E-state index in [-0.39, 0.29) is 17.9 Å². The molecule has 4 heterocycles. The van der Waals surface area contributed by atoms with Crippen LogP contribution in [0.3, 0.4) is 0 Å². The van der Waals surface area contributed by atoms with Crippen molar-refractivity contribution >= 4 is 17.6 Å². The van der Waals surface area contributed by atoms with Gasteiger partial charge in [-0.15, -0.1) is 0 Å². The number of rotatable bonds is 4. The average molecular weight is 421 g/mol. The minimum Gasteiger partial charge on any atom is -0.328 e. The largest absolute Gasteiger partial charge is 0.328 e. The molecule has 2 amide bonds. The van der Waals surface area contributed by atoms with Gasteiger partial charge in [-0.3, -0.25) is 14.5 Å². The van der Waals surface area contributed by atoms with Crippen LogP contribution in [0.2, 0.25) is 0 Å². The number of piperidine rings is 1. The van der Waals surface area contributed by atoms with Crippen molar-refractivity contribution in [2.45, 2.75) is 65.3 Å². The maximum absolute atomic E-state index is 13.4. The van der Waals surface area contributed by atoms with Crippen LogP contribution in [-0.2, 0) is 11.2 Å². The van der Waals surface area contributed by atoms with Crippen LogP contribution in [0.1, 0.15) is 77.1 Å². The second-order valence-corrected chi connectivity index (χ2v) is 9.02. The molecule has 31 heavy (non-hydrogen) atoms. The average Bonchev–Trinajstić information content (AvgIpc) is 3.51. The van der Waals surface area contributed by atoms with E-state index in [9.17, 15) is 9.59 Å². The lowest BCUT2D eigenvalue weighted by Gasteiger charge is -2.35. The Morgan fingerprint density at radius 1 is 1.06 bits per heavy atom. The maximum atomic E-state index is 13.4. The fourth-order valence-electron chi connectivity index (χ4n) is 4.68. The summed E-state index contributed by atoms with van der Waals surface area (Å²) in [7, 11) is 0. The number of aryl methyl sites for hydroxylation is 3. The van der Waals surface area contributed by atoms with E-state index in [1.54, 1.807) is 6.20 Å². The van der Waals surface area contributed by atoms with E-state index in [1.165, 1.54) is 12.8 Å². The van der Waals surface area contributed by atoms with Gasteiger partial charge in [-0.1, -0.05) is 0 Å². The Bertz CT molecular complexity index is 1060. The number of amides is 2. The van der Waals surface area contributed by atoms with Crippen molar-refractivity contribution in [3.05, 3.63) is 40.4 Å². The van der Waals surface area contributed by atoms with Crippen molar-refractivity contribution in [1.82, 2.24) is 24.8 Å². The maximum Gasteiger partial charge on any atom is 0.257 e. The van der Waals surface area contributed by atoms with E-state index < -0.39 is 0 Å². The molecule has 2 fully saturated rings. The molecule has 8 nitrogen and oxygen atoms in total. The molecule has 2 aromatic heterocycles. The third-order valence-corrected chi connectivity index (χ3v) is 6.62. The van der Waals surface area contributed by atoms with Crippen LogP contribution in [0, 0.1) is 26.7 Å². The number of likely N-dealkylation sites (tertiary alicyclic amines) is 1. The summed E-state index contributed by atoms with van der Waals surface area (Å²) in [4.78, 5) is 48.0. The Morgan fingerprint density at radius 2 is 1.87 bits per heavy atom. The molecule has 1 saturated carbocycles. The van der Waals surface area contributed by atoms with Crippen LogP contribution < -0.4 is 4.90 Å².